The molecule has 0 unspecified atom stereocenters. The molecule has 4 rings (SSSR count). The summed E-state index contributed by atoms with van der Waals surface area (Å²) in [6, 6.07) is 21.0. The van der Waals surface area contributed by atoms with Gasteiger partial charge in [0, 0.05) is 5.56 Å². The van der Waals surface area contributed by atoms with Gasteiger partial charge in [0.1, 0.15) is 39.9 Å². The Labute approximate surface area is 304 Å². The van der Waals surface area contributed by atoms with Crippen molar-refractivity contribution in [1.82, 2.24) is 0 Å². The number of furan rings is 1. The fraction of sp³-hybridized carbons (Fsp3) is 0.297. The molecule has 0 amide bonds. The number of oxime groups is 4. The summed E-state index contributed by atoms with van der Waals surface area (Å²) in [5, 5.41) is 14.7. The van der Waals surface area contributed by atoms with E-state index in [0.29, 0.717) is 22.6 Å². The third-order valence-electron chi connectivity index (χ3n) is 6.52. The van der Waals surface area contributed by atoms with Crippen LogP contribution in [0.1, 0.15) is 61.3 Å². The Kier molecular flexibility index (Phi) is 19.5. The monoisotopic (exact) mass is 752 g/mol. The molecule has 0 atom stereocenters. The zero-order valence-electron chi connectivity index (χ0n) is 30.7. The van der Waals surface area contributed by atoms with Crippen molar-refractivity contribution in [2.45, 2.75) is 40.0 Å². The molecule has 288 valence electrons. The highest BCUT2D eigenvalue weighted by molar-refractivity contribution is 5.99. The molecule has 1 heterocycles. The summed E-state index contributed by atoms with van der Waals surface area (Å²) < 4.78 is 83.8. The van der Waals surface area contributed by atoms with E-state index in [1.165, 1.54) is 46.6 Å². The van der Waals surface area contributed by atoms with Gasteiger partial charge in [0.2, 0.25) is 0 Å². The molecular weight excluding hydrogens is 710 g/mol. The molecule has 4 aromatic rings. The van der Waals surface area contributed by atoms with E-state index in [0.717, 1.165) is 52.8 Å². The summed E-state index contributed by atoms with van der Waals surface area (Å²) in [5.41, 5.74) is 3.16. The maximum atomic E-state index is 12.3. The van der Waals surface area contributed by atoms with Crippen LogP contribution in [0, 0.1) is 0 Å². The molecule has 0 spiro atoms. The molecule has 16 heteroatoms. The smallest absolute Gasteiger partial charge is 0.416 e. The van der Waals surface area contributed by atoms with Gasteiger partial charge in [-0.25, -0.2) is 0 Å². The second-order valence-electron chi connectivity index (χ2n) is 10.3. The first-order chi connectivity index (χ1) is 25.0. The van der Waals surface area contributed by atoms with Gasteiger partial charge in [-0.1, -0.05) is 57.0 Å². The Balaban J connectivity index is 0.000000357. The van der Waals surface area contributed by atoms with E-state index in [9.17, 15) is 26.3 Å². The van der Waals surface area contributed by atoms with Crippen molar-refractivity contribution >= 4 is 22.8 Å². The minimum absolute atomic E-state index is 0.395. The second-order valence-corrected chi connectivity index (χ2v) is 10.3. The number of hydrogen-bond donors (Lipinski definition) is 0. The van der Waals surface area contributed by atoms with Crippen LogP contribution in [-0.4, -0.2) is 58.4 Å². The predicted octanol–water partition coefficient (Wildman–Crippen LogP) is 9.87. The van der Waals surface area contributed by atoms with Gasteiger partial charge >= 0.3 is 12.4 Å². The number of methoxy groups -OCH3 is 1. The maximum Gasteiger partial charge on any atom is 0.416 e. The first-order valence-corrected chi connectivity index (χ1v) is 15.4. The molecule has 0 bridgehead atoms. The lowest BCUT2D eigenvalue weighted by Crippen LogP contribution is -2.06. The highest BCUT2D eigenvalue weighted by atomic mass is 19.4. The SMILES string of the molecule is CON=C(C)c1ccc(C(F)(F)F)cc1.CON=C(C)c1cccc(C(F)(F)F)c1.CON=C(C)c1cccc(OC)c1.CON=C(C)c1ccco1. The summed E-state index contributed by atoms with van der Waals surface area (Å²) >= 11 is 0. The molecule has 10 nitrogen and oxygen atoms in total. The number of halogens is 6. The number of ether oxygens (including phenoxy) is 1. The largest absolute Gasteiger partial charge is 0.497 e. The van der Waals surface area contributed by atoms with Crippen molar-refractivity contribution in [1.29, 1.82) is 0 Å². The average molecular weight is 753 g/mol. The van der Waals surface area contributed by atoms with Gasteiger partial charge in [0.05, 0.1) is 41.6 Å². The lowest BCUT2D eigenvalue weighted by atomic mass is 10.1. The van der Waals surface area contributed by atoms with E-state index in [1.807, 2.05) is 50.2 Å². The van der Waals surface area contributed by atoms with E-state index in [-0.39, 0.29) is 0 Å². The highest BCUT2D eigenvalue weighted by Crippen LogP contribution is 2.30. The van der Waals surface area contributed by atoms with Gasteiger partial charge in [-0.15, -0.1) is 0 Å². The minimum Gasteiger partial charge on any atom is -0.497 e. The summed E-state index contributed by atoms with van der Waals surface area (Å²) in [4.78, 5) is 18.2. The first kappa shape index (κ1) is 45.2. The van der Waals surface area contributed by atoms with E-state index in [2.05, 4.69) is 40.0 Å². The zero-order valence-corrected chi connectivity index (χ0v) is 30.7. The van der Waals surface area contributed by atoms with Crippen LogP contribution in [-0.2, 0) is 31.7 Å². The van der Waals surface area contributed by atoms with Crippen LogP contribution in [0.5, 0.6) is 5.75 Å². The third-order valence-corrected chi connectivity index (χ3v) is 6.52. The normalized spacial score (nSPS) is 12.1. The van der Waals surface area contributed by atoms with E-state index < -0.39 is 23.5 Å². The van der Waals surface area contributed by atoms with Crippen LogP contribution in [0.2, 0.25) is 0 Å². The van der Waals surface area contributed by atoms with Crippen LogP contribution in [0.3, 0.4) is 0 Å². The fourth-order valence-electron chi connectivity index (χ4n) is 3.90. The zero-order chi connectivity index (χ0) is 40.0. The van der Waals surface area contributed by atoms with E-state index in [1.54, 1.807) is 33.3 Å². The quantitative estimate of drug-likeness (QED) is 0.0957. The van der Waals surface area contributed by atoms with Gasteiger partial charge in [-0.05, 0) is 87.4 Å². The first-order valence-electron chi connectivity index (χ1n) is 15.4. The van der Waals surface area contributed by atoms with Gasteiger partial charge < -0.3 is 28.5 Å². The molecule has 0 radical (unpaired) electrons. The Morgan fingerprint density at radius 1 is 0.491 bits per heavy atom. The molecule has 0 aliphatic rings. The standard InChI is InChI=1S/2C10H10F3NO.C10H13NO2.C7H9NO2/c1-7(14-15-2)8-3-5-9(6-4-8)10(11,12)13;1-7(14-15-2)8-4-3-5-9(6-8)10(11,12)13;1-8(11-13-3)9-5-4-6-10(7-9)12-2;1-6(8-9-2)7-4-3-5-10-7/h2*3-6H,1-2H3;4-7H,1-3H3;3-5H,1-2H3. The maximum absolute atomic E-state index is 12.3. The minimum atomic E-state index is -4.33. The molecule has 53 heavy (non-hydrogen) atoms. The van der Waals surface area contributed by atoms with Crippen LogP contribution >= 0.6 is 0 Å². The molecular formula is C37H42F6N4O6. The van der Waals surface area contributed by atoms with Crippen molar-refractivity contribution in [3.63, 3.8) is 0 Å². The van der Waals surface area contributed by atoms with Gasteiger partial charge in [0.25, 0.3) is 0 Å². The van der Waals surface area contributed by atoms with E-state index in [4.69, 9.17) is 9.15 Å². The van der Waals surface area contributed by atoms with Gasteiger partial charge in [-0.3, -0.25) is 0 Å². The van der Waals surface area contributed by atoms with Crippen molar-refractivity contribution in [2.75, 3.05) is 35.5 Å². The van der Waals surface area contributed by atoms with Crippen molar-refractivity contribution in [2.24, 2.45) is 20.6 Å². The Morgan fingerprint density at radius 2 is 0.943 bits per heavy atom. The van der Waals surface area contributed by atoms with Crippen LogP contribution in [0.4, 0.5) is 26.3 Å². The number of rotatable bonds is 9. The Bertz CT molecular complexity index is 1770. The van der Waals surface area contributed by atoms with Crippen molar-refractivity contribution < 1.29 is 54.8 Å². The summed E-state index contributed by atoms with van der Waals surface area (Å²) in [6.07, 6.45) is -7.03. The predicted molar refractivity (Wildman–Crippen MR) is 191 cm³/mol. The van der Waals surface area contributed by atoms with Gasteiger partial charge in [-0.2, -0.15) is 26.3 Å². The molecule has 0 aliphatic carbocycles. The highest BCUT2D eigenvalue weighted by Gasteiger charge is 2.31. The van der Waals surface area contributed by atoms with Crippen LogP contribution < -0.4 is 4.74 Å². The molecule has 0 saturated carbocycles. The number of alkyl halides is 6. The molecule has 1 aromatic heterocycles. The molecule has 0 fully saturated rings. The lowest BCUT2D eigenvalue weighted by molar-refractivity contribution is -0.138. The van der Waals surface area contributed by atoms with E-state index >= 15 is 0 Å². The van der Waals surface area contributed by atoms with Crippen LogP contribution in [0.15, 0.2) is 116 Å². The van der Waals surface area contributed by atoms with Crippen LogP contribution in [0.25, 0.3) is 0 Å². The lowest BCUT2D eigenvalue weighted by Gasteiger charge is -2.07. The van der Waals surface area contributed by atoms with Crippen molar-refractivity contribution in [3.05, 3.63) is 125 Å². The number of nitrogens with zero attached hydrogens (tertiary/aromatic N) is 4. The summed E-state index contributed by atoms with van der Waals surface area (Å²) in [5.74, 6) is 1.56. The number of benzene rings is 3. The second kappa shape index (κ2) is 22.9. The molecule has 0 saturated heterocycles. The topological polar surface area (TPSA) is 109 Å². The fourth-order valence-corrected chi connectivity index (χ4v) is 3.90. The molecule has 0 aliphatic heterocycles. The molecule has 3 aromatic carbocycles. The van der Waals surface area contributed by atoms with Gasteiger partial charge in [0.15, 0.2) is 5.76 Å². The summed E-state index contributed by atoms with van der Waals surface area (Å²) in [6.45, 7) is 6.95. The third kappa shape index (κ3) is 16.8. The van der Waals surface area contributed by atoms with Crippen molar-refractivity contribution in [3.8, 4) is 5.75 Å². The number of hydrogen-bond acceptors (Lipinski definition) is 10. The average Bonchev–Trinajstić information content (AvgIpc) is 3.68. The molecule has 0 N–H and O–H groups in total. The Hall–Kier alpha value is -5.80. The Morgan fingerprint density at radius 3 is 1.38 bits per heavy atom. The summed E-state index contributed by atoms with van der Waals surface area (Å²) in [7, 11) is 7.41.